The van der Waals surface area contributed by atoms with E-state index in [-0.39, 0.29) is 0 Å². The highest BCUT2D eigenvalue weighted by atomic mass is 35.5. The Morgan fingerprint density at radius 3 is 1.11 bits per heavy atom. The van der Waals surface area contributed by atoms with Crippen LogP contribution in [0.25, 0.3) is 73.7 Å². The van der Waals surface area contributed by atoms with Gasteiger partial charge < -0.3 is 9.80 Å². The van der Waals surface area contributed by atoms with Gasteiger partial charge in [0.1, 0.15) is 0 Å². The van der Waals surface area contributed by atoms with Gasteiger partial charge in [0.05, 0.1) is 0 Å². The summed E-state index contributed by atoms with van der Waals surface area (Å²) in [7, 11) is 0. The molecule has 2 aromatic heterocycles. The van der Waals surface area contributed by atoms with E-state index in [0.717, 1.165) is 44.2 Å². The maximum absolute atomic E-state index is 6.22. The minimum atomic E-state index is 0.759. The molecular formula is C66H44Cl2N2S2. The molecule has 0 N–H and O–H groups in total. The SMILES string of the molecule is Clc1ccc(-c2ccc3c(c2)sc2ccc(-c4ccc(N(c5ccccc5)c5ccccc5)cc4)cc23)cc1.Clc1ccc2c(c1)sc1ccc(-c3cccc(N(c4ccccc4)c4ccccc4)c3)cc12. The molecule has 0 atom stereocenters. The Hall–Kier alpha value is -7.96. The van der Waals surface area contributed by atoms with Crippen molar-refractivity contribution in [3.8, 4) is 33.4 Å². The number of fused-ring (bicyclic) bond motifs is 6. The van der Waals surface area contributed by atoms with Crippen LogP contribution in [0.5, 0.6) is 0 Å². The molecule has 0 unspecified atom stereocenters. The summed E-state index contributed by atoms with van der Waals surface area (Å²) >= 11 is 16.0. The lowest BCUT2D eigenvalue weighted by molar-refractivity contribution is 1.28. The highest BCUT2D eigenvalue weighted by molar-refractivity contribution is 7.26. The van der Waals surface area contributed by atoms with Crippen LogP contribution in [0.15, 0.2) is 267 Å². The summed E-state index contributed by atoms with van der Waals surface area (Å²) in [6.45, 7) is 0. The molecule has 6 heteroatoms. The number of para-hydroxylation sites is 4. The first-order chi connectivity index (χ1) is 35.5. The molecule has 0 aliphatic rings. The molecule has 0 amide bonds. The summed E-state index contributed by atoms with van der Waals surface area (Å²) in [5.74, 6) is 0. The number of hydrogen-bond acceptors (Lipinski definition) is 4. The summed E-state index contributed by atoms with van der Waals surface area (Å²) < 4.78 is 5.11. The van der Waals surface area contributed by atoms with E-state index in [1.165, 1.54) is 73.7 Å². The number of nitrogens with zero attached hydrogens (tertiary/aromatic N) is 2. The second-order valence-electron chi connectivity index (χ2n) is 17.6. The van der Waals surface area contributed by atoms with Gasteiger partial charge in [0.15, 0.2) is 0 Å². The van der Waals surface area contributed by atoms with Crippen molar-refractivity contribution in [3.05, 3.63) is 277 Å². The molecule has 2 nitrogen and oxygen atoms in total. The number of halogens is 2. The van der Waals surface area contributed by atoms with Crippen LogP contribution in [-0.2, 0) is 0 Å². The normalized spacial score (nSPS) is 11.2. The fourth-order valence-corrected chi connectivity index (χ4v) is 12.2. The molecule has 0 fully saturated rings. The Morgan fingerprint density at radius 1 is 0.222 bits per heavy atom. The molecule has 0 bridgehead atoms. The van der Waals surface area contributed by atoms with Gasteiger partial charge in [0, 0.05) is 84.5 Å². The zero-order chi connectivity index (χ0) is 48.4. The smallest absolute Gasteiger partial charge is 0.0467 e. The minimum absolute atomic E-state index is 0.759. The standard InChI is InChI=1S/C36H24ClNS.C30H20ClNS/c37-29-17-11-25(12-18-29)28-15-21-33-34-23-27(16-22-35(34)39-36(33)24-28)26-13-19-32(20-14-26)38(30-7-3-1-4-8-30)31-9-5-2-6-10-31;31-23-15-16-27-28-19-22(14-17-29(28)33-30(27)20-23)21-8-7-13-26(18-21)32(24-9-3-1-4-10-24)25-11-5-2-6-12-25/h1-24H;1-20H. The zero-order valence-corrected chi connectivity index (χ0v) is 42.0. The number of rotatable bonds is 9. The molecule has 0 aliphatic carbocycles. The summed E-state index contributed by atoms with van der Waals surface area (Å²) in [5, 5.41) is 6.67. The Labute approximate surface area is 437 Å². The second-order valence-corrected chi connectivity index (χ2v) is 20.6. The van der Waals surface area contributed by atoms with Crippen molar-refractivity contribution in [1.82, 2.24) is 0 Å². The van der Waals surface area contributed by atoms with Crippen LogP contribution >= 0.6 is 45.9 Å². The molecule has 72 heavy (non-hydrogen) atoms. The van der Waals surface area contributed by atoms with Gasteiger partial charge in [-0.1, -0.05) is 163 Å². The Kier molecular flexibility index (Phi) is 12.6. The average molecular weight is 1000 g/mol. The maximum atomic E-state index is 6.22. The fraction of sp³-hybridized carbons (Fsp3) is 0. The van der Waals surface area contributed by atoms with Crippen molar-refractivity contribution in [3.63, 3.8) is 0 Å². The zero-order valence-electron chi connectivity index (χ0n) is 38.9. The number of thiophene rings is 2. The van der Waals surface area contributed by atoms with Crippen LogP contribution in [-0.4, -0.2) is 0 Å². The first-order valence-electron chi connectivity index (χ1n) is 23.8. The van der Waals surface area contributed by atoms with E-state index in [2.05, 4.69) is 259 Å². The van der Waals surface area contributed by atoms with Crippen molar-refractivity contribution >= 4 is 120 Å². The largest absolute Gasteiger partial charge is 0.311 e. The predicted molar refractivity (Wildman–Crippen MR) is 314 cm³/mol. The molecule has 0 saturated carbocycles. The van der Waals surface area contributed by atoms with Gasteiger partial charge in [-0.05, 0) is 161 Å². The molecular weight excluding hydrogens is 956 g/mol. The Morgan fingerprint density at radius 2 is 0.583 bits per heavy atom. The lowest BCUT2D eigenvalue weighted by Crippen LogP contribution is -2.09. The second kappa shape index (κ2) is 20.0. The number of benzene rings is 11. The van der Waals surface area contributed by atoms with E-state index >= 15 is 0 Å². The highest BCUT2D eigenvalue weighted by Crippen LogP contribution is 2.42. The van der Waals surface area contributed by atoms with Crippen LogP contribution in [0.1, 0.15) is 0 Å². The van der Waals surface area contributed by atoms with Gasteiger partial charge in [-0.2, -0.15) is 0 Å². The van der Waals surface area contributed by atoms with Crippen LogP contribution < -0.4 is 9.80 Å². The van der Waals surface area contributed by atoms with Crippen LogP contribution in [0, 0.1) is 0 Å². The Bertz CT molecular complexity index is 3910. The van der Waals surface area contributed by atoms with Gasteiger partial charge in [0.2, 0.25) is 0 Å². The lowest BCUT2D eigenvalue weighted by Gasteiger charge is -2.25. The van der Waals surface area contributed by atoms with Gasteiger partial charge >= 0.3 is 0 Å². The molecule has 0 radical (unpaired) electrons. The number of anilines is 6. The number of hydrogen-bond donors (Lipinski definition) is 0. The minimum Gasteiger partial charge on any atom is -0.311 e. The predicted octanol–water partition coefficient (Wildman–Crippen LogP) is 21.4. The van der Waals surface area contributed by atoms with Crippen molar-refractivity contribution in [2.24, 2.45) is 0 Å². The third-order valence-electron chi connectivity index (χ3n) is 13.0. The van der Waals surface area contributed by atoms with E-state index in [0.29, 0.717) is 0 Å². The first kappa shape index (κ1) is 45.2. The summed E-state index contributed by atoms with van der Waals surface area (Å²) in [4.78, 5) is 4.58. The van der Waals surface area contributed by atoms with Crippen molar-refractivity contribution < 1.29 is 0 Å². The maximum Gasteiger partial charge on any atom is 0.0467 e. The summed E-state index contributed by atoms with van der Waals surface area (Å²) in [6, 6.07) is 94.2. The van der Waals surface area contributed by atoms with E-state index in [1.54, 1.807) is 11.3 Å². The van der Waals surface area contributed by atoms with Crippen molar-refractivity contribution in [2.45, 2.75) is 0 Å². The molecule has 11 aromatic carbocycles. The topological polar surface area (TPSA) is 6.48 Å². The molecule has 13 aromatic rings. The molecule has 0 saturated heterocycles. The first-order valence-corrected chi connectivity index (χ1v) is 26.2. The molecule has 0 spiro atoms. The molecule has 13 rings (SSSR count). The van der Waals surface area contributed by atoms with Gasteiger partial charge in [-0.3, -0.25) is 0 Å². The van der Waals surface area contributed by atoms with Crippen molar-refractivity contribution in [2.75, 3.05) is 9.80 Å². The third kappa shape index (κ3) is 9.25. The van der Waals surface area contributed by atoms with Gasteiger partial charge in [-0.15, -0.1) is 22.7 Å². The van der Waals surface area contributed by atoms with Crippen LogP contribution in [0.3, 0.4) is 0 Å². The molecule has 344 valence electrons. The van der Waals surface area contributed by atoms with Gasteiger partial charge in [-0.25, -0.2) is 0 Å². The molecule has 0 aliphatic heterocycles. The molecule has 2 heterocycles. The Balaban J connectivity index is 0.000000149. The van der Waals surface area contributed by atoms with E-state index in [9.17, 15) is 0 Å². The van der Waals surface area contributed by atoms with Crippen molar-refractivity contribution in [1.29, 1.82) is 0 Å². The average Bonchev–Trinajstić information content (AvgIpc) is 3.99. The quantitative estimate of drug-likeness (QED) is 0.142. The van der Waals surface area contributed by atoms with E-state index in [4.69, 9.17) is 23.2 Å². The van der Waals surface area contributed by atoms with E-state index in [1.807, 2.05) is 29.5 Å². The van der Waals surface area contributed by atoms with Gasteiger partial charge in [0.25, 0.3) is 0 Å². The fourth-order valence-electron chi connectivity index (χ4n) is 9.54. The van der Waals surface area contributed by atoms with Crippen LogP contribution in [0.4, 0.5) is 34.1 Å². The highest BCUT2D eigenvalue weighted by Gasteiger charge is 2.16. The monoisotopic (exact) mass is 998 g/mol. The lowest BCUT2D eigenvalue weighted by atomic mass is 10.0. The summed E-state index contributed by atoms with van der Waals surface area (Å²) in [5.41, 5.74) is 14.0. The third-order valence-corrected chi connectivity index (χ3v) is 15.8. The van der Waals surface area contributed by atoms with Crippen LogP contribution in [0.2, 0.25) is 10.0 Å². The summed E-state index contributed by atoms with van der Waals surface area (Å²) in [6.07, 6.45) is 0. The van der Waals surface area contributed by atoms with E-state index < -0.39 is 0 Å².